The molecule has 1 aliphatic rings. The van der Waals surface area contributed by atoms with Gasteiger partial charge in [0, 0.05) is 0 Å². The quantitative estimate of drug-likeness (QED) is 0.819. The van der Waals surface area contributed by atoms with E-state index in [1.807, 2.05) is 45.0 Å². The molecule has 0 N–H and O–H groups in total. The van der Waals surface area contributed by atoms with Gasteiger partial charge < -0.3 is 4.74 Å². The maximum atomic E-state index is 11.9. The number of rotatable bonds is 4. The van der Waals surface area contributed by atoms with Gasteiger partial charge in [-0.05, 0) is 37.1 Å². The fraction of sp³-hybridized carbons (Fsp3) is 0.429. The molecule has 2 rings (SSSR count). The second kappa shape index (κ2) is 5.21. The Labute approximate surface area is 107 Å². The second-order valence-electron chi connectivity index (χ2n) is 4.56. The third-order valence-electron chi connectivity index (χ3n) is 2.86. The number of hydrogen-bond donors (Lipinski definition) is 0. The average Bonchev–Trinajstić information content (AvgIpc) is 2.73. The Morgan fingerprint density at radius 1 is 1.33 bits per heavy atom. The van der Waals surface area contributed by atoms with Crippen LogP contribution in [0.15, 0.2) is 29.4 Å². The van der Waals surface area contributed by atoms with Crippen LogP contribution in [0.2, 0.25) is 0 Å². The van der Waals surface area contributed by atoms with Crippen LogP contribution in [-0.2, 0) is 4.79 Å². The highest BCUT2D eigenvalue weighted by Gasteiger charge is 2.26. The summed E-state index contributed by atoms with van der Waals surface area (Å²) < 4.78 is 5.37. The highest BCUT2D eigenvalue weighted by molar-refractivity contribution is 6.13. The van der Waals surface area contributed by atoms with Crippen LogP contribution in [0.1, 0.15) is 27.2 Å². The Morgan fingerprint density at radius 3 is 2.50 bits per heavy atom. The maximum absolute atomic E-state index is 11.9. The first-order valence-corrected chi connectivity index (χ1v) is 6.25. The molecule has 0 spiro atoms. The molecule has 0 saturated carbocycles. The molecule has 1 aliphatic heterocycles. The predicted octanol–water partition coefficient (Wildman–Crippen LogP) is 2.83. The van der Waals surface area contributed by atoms with Crippen molar-refractivity contribution in [2.75, 3.05) is 11.6 Å². The molecule has 4 heteroatoms. The van der Waals surface area contributed by atoms with Crippen molar-refractivity contribution in [2.24, 2.45) is 11.0 Å². The van der Waals surface area contributed by atoms with Crippen molar-refractivity contribution in [1.29, 1.82) is 0 Å². The van der Waals surface area contributed by atoms with Crippen molar-refractivity contribution < 1.29 is 9.53 Å². The number of hydrazone groups is 1. The Kier molecular flexibility index (Phi) is 3.65. The number of carbonyl (C=O) groups is 1. The summed E-state index contributed by atoms with van der Waals surface area (Å²) in [6.45, 7) is 6.68. The van der Waals surface area contributed by atoms with Gasteiger partial charge in [0.2, 0.25) is 0 Å². The Balaban J connectivity index is 2.18. The van der Waals surface area contributed by atoms with Crippen LogP contribution in [0, 0.1) is 5.92 Å². The van der Waals surface area contributed by atoms with Crippen LogP contribution in [0.4, 0.5) is 5.69 Å². The second-order valence-corrected chi connectivity index (χ2v) is 4.56. The van der Waals surface area contributed by atoms with Crippen molar-refractivity contribution in [1.82, 2.24) is 0 Å². The lowest BCUT2D eigenvalue weighted by atomic mass is 10.1. The summed E-state index contributed by atoms with van der Waals surface area (Å²) in [5.74, 6) is 1.14. The predicted molar refractivity (Wildman–Crippen MR) is 72.0 cm³/mol. The minimum atomic E-state index is 0.0304. The number of hydrogen-bond acceptors (Lipinski definition) is 3. The van der Waals surface area contributed by atoms with Gasteiger partial charge in [-0.1, -0.05) is 13.8 Å². The van der Waals surface area contributed by atoms with Crippen LogP contribution in [0.25, 0.3) is 0 Å². The van der Waals surface area contributed by atoms with Crippen molar-refractivity contribution in [3.63, 3.8) is 0 Å². The first-order chi connectivity index (χ1) is 8.61. The smallest absolute Gasteiger partial charge is 0.253 e. The molecule has 0 bridgehead atoms. The molecule has 18 heavy (non-hydrogen) atoms. The zero-order valence-corrected chi connectivity index (χ0v) is 11.0. The SMILES string of the molecule is CCOc1ccc(N2N=C(C(C)C)CC2=O)cc1. The first-order valence-electron chi connectivity index (χ1n) is 6.25. The summed E-state index contributed by atoms with van der Waals surface area (Å²) in [5, 5.41) is 5.85. The molecule has 0 atom stereocenters. The topological polar surface area (TPSA) is 41.9 Å². The lowest BCUT2D eigenvalue weighted by Crippen LogP contribution is -2.19. The normalized spacial score (nSPS) is 15.2. The minimum Gasteiger partial charge on any atom is -0.494 e. The van der Waals surface area contributed by atoms with E-state index in [-0.39, 0.29) is 5.91 Å². The molecular weight excluding hydrogens is 228 g/mol. The fourth-order valence-corrected chi connectivity index (χ4v) is 1.82. The third-order valence-corrected chi connectivity index (χ3v) is 2.86. The summed E-state index contributed by atoms with van der Waals surface area (Å²) in [7, 11) is 0. The lowest BCUT2D eigenvalue weighted by Gasteiger charge is -2.12. The van der Waals surface area contributed by atoms with Gasteiger partial charge in [0.15, 0.2) is 0 Å². The van der Waals surface area contributed by atoms with Gasteiger partial charge in [-0.3, -0.25) is 4.79 Å². The highest BCUT2D eigenvalue weighted by Crippen LogP contribution is 2.24. The highest BCUT2D eigenvalue weighted by atomic mass is 16.5. The number of anilines is 1. The van der Waals surface area contributed by atoms with Crippen molar-refractivity contribution in [2.45, 2.75) is 27.2 Å². The van der Waals surface area contributed by atoms with E-state index < -0.39 is 0 Å². The van der Waals surface area contributed by atoms with Gasteiger partial charge in [0.25, 0.3) is 5.91 Å². The van der Waals surface area contributed by atoms with Gasteiger partial charge in [-0.15, -0.1) is 0 Å². The number of benzene rings is 1. The molecule has 96 valence electrons. The van der Waals surface area contributed by atoms with E-state index in [2.05, 4.69) is 5.10 Å². The monoisotopic (exact) mass is 246 g/mol. The molecule has 0 aliphatic carbocycles. The summed E-state index contributed by atoms with van der Waals surface area (Å²) in [4.78, 5) is 11.9. The molecule has 1 aromatic carbocycles. The third kappa shape index (κ3) is 2.53. The molecule has 0 aromatic heterocycles. The van der Waals surface area contributed by atoms with Crippen LogP contribution in [0.5, 0.6) is 5.75 Å². The van der Waals surface area contributed by atoms with Crippen molar-refractivity contribution in [3.8, 4) is 5.75 Å². The van der Waals surface area contributed by atoms with E-state index in [1.165, 1.54) is 5.01 Å². The van der Waals surface area contributed by atoms with Crippen LogP contribution in [0.3, 0.4) is 0 Å². The number of ether oxygens (including phenoxy) is 1. The lowest BCUT2D eigenvalue weighted by molar-refractivity contribution is -0.116. The fourth-order valence-electron chi connectivity index (χ4n) is 1.82. The zero-order valence-electron chi connectivity index (χ0n) is 11.0. The molecule has 4 nitrogen and oxygen atoms in total. The van der Waals surface area contributed by atoms with E-state index >= 15 is 0 Å². The van der Waals surface area contributed by atoms with Crippen LogP contribution < -0.4 is 9.75 Å². The van der Waals surface area contributed by atoms with Gasteiger partial charge in [0.05, 0.1) is 24.4 Å². The van der Waals surface area contributed by atoms with Crippen LogP contribution >= 0.6 is 0 Å². The van der Waals surface area contributed by atoms with Gasteiger partial charge in [-0.2, -0.15) is 5.10 Å². The number of amides is 1. The van der Waals surface area contributed by atoms with E-state index in [4.69, 9.17) is 4.74 Å². The molecule has 0 fully saturated rings. The Morgan fingerprint density at radius 2 is 2.00 bits per heavy atom. The number of nitrogens with zero attached hydrogens (tertiary/aromatic N) is 2. The molecule has 1 amide bonds. The summed E-state index contributed by atoms with van der Waals surface area (Å²) >= 11 is 0. The van der Waals surface area contributed by atoms with Gasteiger partial charge in [-0.25, -0.2) is 5.01 Å². The van der Waals surface area contributed by atoms with Crippen LogP contribution in [-0.4, -0.2) is 18.2 Å². The molecule has 0 unspecified atom stereocenters. The van der Waals surface area contributed by atoms with E-state index in [9.17, 15) is 4.79 Å². The van der Waals surface area contributed by atoms with Gasteiger partial charge in [0.1, 0.15) is 5.75 Å². The molecule has 0 saturated heterocycles. The first kappa shape index (κ1) is 12.6. The van der Waals surface area contributed by atoms with Crippen molar-refractivity contribution in [3.05, 3.63) is 24.3 Å². The Hall–Kier alpha value is -1.84. The minimum absolute atomic E-state index is 0.0304. The van der Waals surface area contributed by atoms with Gasteiger partial charge >= 0.3 is 0 Å². The van der Waals surface area contributed by atoms with E-state index in [1.54, 1.807) is 0 Å². The Bertz CT molecular complexity index is 463. The summed E-state index contributed by atoms with van der Waals surface area (Å²) in [6, 6.07) is 7.43. The molecule has 1 heterocycles. The maximum Gasteiger partial charge on any atom is 0.253 e. The number of carbonyl (C=O) groups excluding carboxylic acids is 1. The molecule has 0 radical (unpaired) electrons. The van der Waals surface area contributed by atoms with Crippen molar-refractivity contribution >= 4 is 17.3 Å². The summed E-state index contributed by atoms with van der Waals surface area (Å²) in [6.07, 6.45) is 0.422. The standard InChI is InChI=1S/C14H18N2O2/c1-4-18-12-7-5-11(6-8-12)16-14(17)9-13(15-16)10(2)3/h5-8,10H,4,9H2,1-3H3. The zero-order chi connectivity index (χ0) is 13.1. The largest absolute Gasteiger partial charge is 0.494 e. The molecular formula is C14H18N2O2. The molecule has 1 aromatic rings. The van der Waals surface area contributed by atoms with E-state index in [0.717, 1.165) is 17.1 Å². The van der Waals surface area contributed by atoms with E-state index in [0.29, 0.717) is 18.9 Å². The average molecular weight is 246 g/mol. The summed E-state index contributed by atoms with van der Waals surface area (Å²) in [5.41, 5.74) is 1.73.